The maximum atomic E-state index is 13.8. The minimum Gasteiger partial charge on any atom is -0.507 e. The van der Waals surface area contributed by atoms with E-state index >= 15 is 0 Å². The Hall–Kier alpha value is -4.47. The van der Waals surface area contributed by atoms with Crippen LogP contribution in [0, 0.1) is 12.7 Å². The number of ether oxygens (including phenoxy) is 1. The minimum absolute atomic E-state index is 0.00769. The molecule has 0 spiro atoms. The third-order valence-corrected chi connectivity index (χ3v) is 7.55. The molecule has 3 aliphatic rings. The van der Waals surface area contributed by atoms with E-state index in [9.17, 15) is 33.8 Å². The van der Waals surface area contributed by atoms with E-state index in [1.165, 1.54) is 39.0 Å². The van der Waals surface area contributed by atoms with Gasteiger partial charge in [0.15, 0.2) is 17.3 Å². The van der Waals surface area contributed by atoms with E-state index in [2.05, 4.69) is 10.6 Å². The maximum Gasteiger partial charge on any atom is 0.232 e. The minimum atomic E-state index is -1.62. The standard InChI is InChI=1S/C28H25FN2O7/c1-11-23(34)21(13(3)32)25-22(24(11)35)28(4)19(38-25)10-18(33)20(26(28)36)12(2)30-8-7-15-16-9-14(29)5-6-17(16)31-27(15)37/h5-6,9-10,15,30,34-35H,7-8H2,1-4H3,(H,31,37). The van der Waals surface area contributed by atoms with Gasteiger partial charge in [0, 0.05) is 29.6 Å². The van der Waals surface area contributed by atoms with Crippen molar-refractivity contribution >= 4 is 28.9 Å². The number of allylic oxidation sites excluding steroid dienone is 4. The number of halogens is 1. The van der Waals surface area contributed by atoms with Crippen LogP contribution in [-0.4, -0.2) is 40.0 Å². The number of phenolic OH excluding ortho intramolecular Hbond substituents is 2. The van der Waals surface area contributed by atoms with Gasteiger partial charge < -0.3 is 25.6 Å². The molecule has 5 rings (SSSR count). The van der Waals surface area contributed by atoms with Crippen molar-refractivity contribution in [1.82, 2.24) is 5.32 Å². The quantitative estimate of drug-likeness (QED) is 0.267. The normalized spacial score (nSPS) is 22.7. The molecule has 0 bridgehead atoms. The lowest BCUT2D eigenvalue weighted by atomic mass is 9.70. The number of phenols is 2. The smallest absolute Gasteiger partial charge is 0.232 e. The number of fused-ring (bicyclic) bond motifs is 4. The molecule has 0 fully saturated rings. The molecule has 2 unspecified atom stereocenters. The van der Waals surface area contributed by atoms with Crippen molar-refractivity contribution in [2.24, 2.45) is 0 Å². The van der Waals surface area contributed by atoms with E-state index in [4.69, 9.17) is 4.74 Å². The van der Waals surface area contributed by atoms with E-state index in [1.54, 1.807) is 6.92 Å². The Bertz CT molecular complexity index is 1550. The Kier molecular flexibility index (Phi) is 5.66. The van der Waals surface area contributed by atoms with Crippen molar-refractivity contribution in [3.05, 3.63) is 69.4 Å². The number of hydrogen-bond acceptors (Lipinski definition) is 8. The fourth-order valence-corrected chi connectivity index (χ4v) is 5.44. The molecule has 2 aromatic rings. The van der Waals surface area contributed by atoms with E-state index in [0.717, 1.165) is 6.08 Å². The van der Waals surface area contributed by atoms with Crippen LogP contribution in [0.5, 0.6) is 17.2 Å². The van der Waals surface area contributed by atoms with Gasteiger partial charge >= 0.3 is 0 Å². The summed E-state index contributed by atoms with van der Waals surface area (Å²) in [6.45, 7) is 5.87. The number of nitrogens with one attached hydrogen (secondary N) is 2. The number of amides is 1. The Morgan fingerprint density at radius 2 is 1.89 bits per heavy atom. The maximum absolute atomic E-state index is 13.8. The Balaban J connectivity index is 1.47. The third-order valence-electron chi connectivity index (χ3n) is 7.55. The van der Waals surface area contributed by atoms with E-state index in [-0.39, 0.29) is 58.3 Å². The second-order valence-electron chi connectivity index (χ2n) is 9.88. The highest BCUT2D eigenvalue weighted by molar-refractivity contribution is 6.31. The van der Waals surface area contributed by atoms with Crippen LogP contribution in [0.1, 0.15) is 60.2 Å². The number of Topliss-reactive ketones (excluding diaryl/α,β-unsaturated/α-hetero) is 2. The summed E-state index contributed by atoms with van der Waals surface area (Å²) in [5, 5.41) is 27.1. The molecular weight excluding hydrogens is 495 g/mol. The molecule has 10 heteroatoms. The van der Waals surface area contributed by atoms with Gasteiger partial charge in [-0.3, -0.25) is 19.2 Å². The number of hydrogen-bond donors (Lipinski definition) is 4. The van der Waals surface area contributed by atoms with Gasteiger partial charge in [0.1, 0.15) is 39.8 Å². The number of ketones is 3. The molecular formula is C28H25FN2O7. The zero-order valence-electron chi connectivity index (χ0n) is 21.1. The summed E-state index contributed by atoms with van der Waals surface area (Å²) >= 11 is 0. The van der Waals surface area contributed by atoms with E-state index < -0.39 is 46.0 Å². The summed E-state index contributed by atoms with van der Waals surface area (Å²) in [5.74, 6) is -4.19. The van der Waals surface area contributed by atoms with E-state index in [0.29, 0.717) is 11.3 Å². The average Bonchev–Trinajstić information content (AvgIpc) is 3.31. The van der Waals surface area contributed by atoms with Gasteiger partial charge in [-0.15, -0.1) is 0 Å². The second kappa shape index (κ2) is 8.54. The number of benzene rings is 2. The lowest BCUT2D eigenvalue weighted by molar-refractivity contribution is -0.123. The van der Waals surface area contributed by atoms with Crippen molar-refractivity contribution < 1.29 is 38.5 Å². The molecule has 2 heterocycles. The van der Waals surface area contributed by atoms with Crippen molar-refractivity contribution in [2.75, 3.05) is 11.9 Å². The van der Waals surface area contributed by atoms with Gasteiger partial charge in [-0.25, -0.2) is 4.39 Å². The van der Waals surface area contributed by atoms with Crippen LogP contribution in [0.15, 0.2) is 41.3 Å². The summed E-state index contributed by atoms with van der Waals surface area (Å²) in [7, 11) is 0. The van der Waals surface area contributed by atoms with Crippen LogP contribution in [-0.2, 0) is 19.8 Å². The van der Waals surface area contributed by atoms with Crippen molar-refractivity contribution in [2.45, 2.75) is 45.4 Å². The van der Waals surface area contributed by atoms with Crippen molar-refractivity contribution in [3.63, 3.8) is 0 Å². The first-order chi connectivity index (χ1) is 17.9. The van der Waals surface area contributed by atoms with Crippen LogP contribution < -0.4 is 15.4 Å². The van der Waals surface area contributed by atoms with Crippen molar-refractivity contribution in [3.8, 4) is 17.2 Å². The monoisotopic (exact) mass is 520 g/mol. The summed E-state index contributed by atoms with van der Waals surface area (Å²) in [4.78, 5) is 51.6. The van der Waals surface area contributed by atoms with Crippen LogP contribution in [0.25, 0.3) is 0 Å². The number of anilines is 1. The Morgan fingerprint density at radius 3 is 2.58 bits per heavy atom. The highest BCUT2D eigenvalue weighted by Crippen LogP contribution is 2.57. The fraction of sp³-hybridized carbons (Fsp3) is 0.286. The molecule has 4 N–H and O–H groups in total. The molecule has 2 aliphatic heterocycles. The molecule has 9 nitrogen and oxygen atoms in total. The fourth-order valence-electron chi connectivity index (χ4n) is 5.44. The Morgan fingerprint density at radius 1 is 1.18 bits per heavy atom. The summed E-state index contributed by atoms with van der Waals surface area (Å²) in [6, 6.07) is 4.08. The highest BCUT2D eigenvalue weighted by atomic mass is 19.1. The lowest BCUT2D eigenvalue weighted by Crippen LogP contribution is -2.41. The lowest BCUT2D eigenvalue weighted by Gasteiger charge is -2.29. The zero-order valence-corrected chi connectivity index (χ0v) is 21.1. The first kappa shape index (κ1) is 25.2. The molecule has 196 valence electrons. The average molecular weight is 521 g/mol. The first-order valence-corrected chi connectivity index (χ1v) is 12.0. The van der Waals surface area contributed by atoms with Crippen LogP contribution in [0.2, 0.25) is 0 Å². The van der Waals surface area contributed by atoms with Gasteiger partial charge in [-0.2, -0.15) is 0 Å². The topological polar surface area (TPSA) is 142 Å². The van der Waals surface area contributed by atoms with Gasteiger partial charge in [-0.05, 0) is 57.9 Å². The summed E-state index contributed by atoms with van der Waals surface area (Å²) < 4.78 is 19.5. The molecule has 38 heavy (non-hydrogen) atoms. The Labute approximate surface area is 217 Å². The van der Waals surface area contributed by atoms with Gasteiger partial charge in [0.25, 0.3) is 0 Å². The SMILES string of the molecule is CC(=O)c1c(O)c(C)c(O)c2c1OC1=CC(=O)C(=C(C)NCCC3C(=O)Nc4ccc(F)cc43)C(=O)C12C. The van der Waals surface area contributed by atoms with Gasteiger partial charge in [-0.1, -0.05) is 0 Å². The van der Waals surface area contributed by atoms with Crippen molar-refractivity contribution in [1.29, 1.82) is 0 Å². The molecule has 0 aromatic heterocycles. The van der Waals surface area contributed by atoms with E-state index in [1.807, 2.05) is 0 Å². The van der Waals surface area contributed by atoms with Crippen LogP contribution in [0.3, 0.4) is 0 Å². The molecule has 2 atom stereocenters. The zero-order chi connectivity index (χ0) is 27.7. The predicted octanol–water partition coefficient (Wildman–Crippen LogP) is 3.42. The molecule has 2 aromatic carbocycles. The molecule has 0 saturated carbocycles. The third kappa shape index (κ3) is 3.43. The van der Waals surface area contributed by atoms with Crippen LogP contribution in [0.4, 0.5) is 10.1 Å². The summed E-state index contributed by atoms with van der Waals surface area (Å²) in [6.07, 6.45) is 1.42. The molecule has 0 saturated heterocycles. The number of rotatable bonds is 5. The predicted molar refractivity (Wildman–Crippen MR) is 134 cm³/mol. The molecule has 0 radical (unpaired) electrons. The number of carbonyl (C=O) groups excluding carboxylic acids is 4. The molecule has 1 amide bonds. The second-order valence-corrected chi connectivity index (χ2v) is 9.88. The van der Waals surface area contributed by atoms with Gasteiger partial charge in [0.2, 0.25) is 5.91 Å². The van der Waals surface area contributed by atoms with Crippen LogP contribution >= 0.6 is 0 Å². The summed E-state index contributed by atoms with van der Waals surface area (Å²) in [5.41, 5.74) is -0.596. The number of carbonyl (C=O) groups is 4. The molecule has 1 aliphatic carbocycles. The number of aromatic hydroxyl groups is 2. The largest absolute Gasteiger partial charge is 0.507 e. The highest BCUT2D eigenvalue weighted by Gasteiger charge is 2.56. The van der Waals surface area contributed by atoms with Gasteiger partial charge in [0.05, 0.1) is 17.1 Å². The first-order valence-electron chi connectivity index (χ1n) is 12.0.